The van der Waals surface area contributed by atoms with E-state index in [-0.39, 0.29) is 6.10 Å². The molecule has 2 N–H and O–H groups in total. The van der Waals surface area contributed by atoms with E-state index in [0.29, 0.717) is 17.8 Å². The van der Waals surface area contributed by atoms with Gasteiger partial charge in [0, 0.05) is 25.3 Å². The SMILES string of the molecule is Cc1ccc(NCC2CN(C)CCO2)c(C(=O)O)c1. The van der Waals surface area contributed by atoms with Gasteiger partial charge in [0.25, 0.3) is 0 Å². The first-order chi connectivity index (χ1) is 9.06. The predicted molar refractivity (Wildman–Crippen MR) is 73.9 cm³/mol. The van der Waals surface area contributed by atoms with Crippen LogP contribution in [0, 0.1) is 6.92 Å². The highest BCUT2D eigenvalue weighted by Gasteiger charge is 2.18. The number of rotatable bonds is 4. The molecule has 1 aliphatic rings. The molecule has 0 spiro atoms. The number of morpholine rings is 1. The molecule has 1 unspecified atom stereocenters. The van der Waals surface area contributed by atoms with E-state index in [0.717, 1.165) is 25.3 Å². The number of carboxylic acids is 1. The molecule has 1 aliphatic heterocycles. The molecule has 0 aliphatic carbocycles. The normalized spacial score (nSPS) is 20.2. The van der Waals surface area contributed by atoms with Gasteiger partial charge in [-0.1, -0.05) is 11.6 Å². The van der Waals surface area contributed by atoms with Gasteiger partial charge in [0.05, 0.1) is 18.3 Å². The maximum Gasteiger partial charge on any atom is 0.337 e. The monoisotopic (exact) mass is 264 g/mol. The second kappa shape index (κ2) is 6.04. The Morgan fingerprint density at radius 2 is 2.37 bits per heavy atom. The molecule has 0 saturated carbocycles. The summed E-state index contributed by atoms with van der Waals surface area (Å²) in [6.45, 7) is 5.04. The van der Waals surface area contributed by atoms with Crippen LogP contribution in [0.15, 0.2) is 18.2 Å². The number of aryl methyl sites for hydroxylation is 1. The number of nitrogens with zero attached hydrogens (tertiary/aromatic N) is 1. The minimum atomic E-state index is -0.909. The highest BCUT2D eigenvalue weighted by molar-refractivity contribution is 5.94. The van der Waals surface area contributed by atoms with E-state index < -0.39 is 5.97 Å². The Labute approximate surface area is 113 Å². The fourth-order valence-corrected chi connectivity index (χ4v) is 2.20. The van der Waals surface area contributed by atoms with Crippen LogP contribution >= 0.6 is 0 Å². The summed E-state index contributed by atoms with van der Waals surface area (Å²) in [6.07, 6.45) is 0.0988. The van der Waals surface area contributed by atoms with Crippen LogP contribution in [-0.4, -0.2) is 55.4 Å². The molecule has 1 aromatic rings. The first kappa shape index (κ1) is 13.8. The highest BCUT2D eigenvalue weighted by Crippen LogP contribution is 2.18. The molecule has 19 heavy (non-hydrogen) atoms. The van der Waals surface area contributed by atoms with Crippen molar-refractivity contribution < 1.29 is 14.6 Å². The number of aromatic carboxylic acids is 1. The molecular formula is C14H20N2O3. The Kier molecular flexibility index (Phi) is 4.39. The Hall–Kier alpha value is -1.59. The summed E-state index contributed by atoms with van der Waals surface area (Å²) >= 11 is 0. The molecule has 104 valence electrons. The summed E-state index contributed by atoms with van der Waals surface area (Å²) < 4.78 is 5.64. The van der Waals surface area contributed by atoms with Gasteiger partial charge in [-0.05, 0) is 26.1 Å². The van der Waals surface area contributed by atoms with E-state index in [2.05, 4.69) is 17.3 Å². The van der Waals surface area contributed by atoms with Crippen LogP contribution < -0.4 is 5.32 Å². The lowest BCUT2D eigenvalue weighted by Crippen LogP contribution is -2.43. The maximum absolute atomic E-state index is 11.2. The van der Waals surface area contributed by atoms with Crippen LogP contribution in [0.1, 0.15) is 15.9 Å². The Balaban J connectivity index is 2.01. The number of likely N-dealkylation sites (N-methyl/N-ethyl adjacent to an activating group) is 1. The van der Waals surface area contributed by atoms with Crippen molar-refractivity contribution >= 4 is 11.7 Å². The van der Waals surface area contributed by atoms with Crippen LogP contribution in [0.5, 0.6) is 0 Å². The average Bonchev–Trinajstić information content (AvgIpc) is 2.37. The third-order valence-corrected chi connectivity index (χ3v) is 3.27. The topological polar surface area (TPSA) is 61.8 Å². The number of ether oxygens (including phenoxy) is 1. The molecule has 0 bridgehead atoms. The number of hydrogen-bond donors (Lipinski definition) is 2. The third kappa shape index (κ3) is 3.68. The average molecular weight is 264 g/mol. The number of benzene rings is 1. The molecule has 1 saturated heterocycles. The van der Waals surface area contributed by atoms with Crippen molar-refractivity contribution in [3.8, 4) is 0 Å². The fourth-order valence-electron chi connectivity index (χ4n) is 2.20. The van der Waals surface area contributed by atoms with Gasteiger partial charge in [-0.3, -0.25) is 0 Å². The first-order valence-corrected chi connectivity index (χ1v) is 6.44. The zero-order chi connectivity index (χ0) is 13.8. The summed E-state index contributed by atoms with van der Waals surface area (Å²) in [6, 6.07) is 5.40. The van der Waals surface area contributed by atoms with Crippen LogP contribution in [0.25, 0.3) is 0 Å². The van der Waals surface area contributed by atoms with Gasteiger partial charge in [0.1, 0.15) is 0 Å². The van der Waals surface area contributed by atoms with E-state index in [1.165, 1.54) is 0 Å². The van der Waals surface area contributed by atoms with Gasteiger partial charge >= 0.3 is 5.97 Å². The minimum Gasteiger partial charge on any atom is -0.478 e. The maximum atomic E-state index is 11.2. The lowest BCUT2D eigenvalue weighted by Gasteiger charge is -2.30. The van der Waals surface area contributed by atoms with Gasteiger partial charge in [-0.2, -0.15) is 0 Å². The number of anilines is 1. The molecule has 0 radical (unpaired) electrons. The molecule has 0 amide bonds. The summed E-state index contributed by atoms with van der Waals surface area (Å²) in [5.41, 5.74) is 1.90. The molecule has 1 fully saturated rings. The van der Waals surface area contributed by atoms with Crippen molar-refractivity contribution in [3.63, 3.8) is 0 Å². The third-order valence-electron chi connectivity index (χ3n) is 3.27. The summed E-state index contributed by atoms with van der Waals surface area (Å²) in [5, 5.41) is 12.4. The van der Waals surface area contributed by atoms with Crippen LogP contribution in [0.4, 0.5) is 5.69 Å². The van der Waals surface area contributed by atoms with Gasteiger partial charge in [-0.25, -0.2) is 4.79 Å². The van der Waals surface area contributed by atoms with Crippen LogP contribution in [0.2, 0.25) is 0 Å². The lowest BCUT2D eigenvalue weighted by molar-refractivity contribution is -0.0117. The largest absolute Gasteiger partial charge is 0.478 e. The zero-order valence-electron chi connectivity index (χ0n) is 11.3. The summed E-state index contributed by atoms with van der Waals surface area (Å²) in [5.74, 6) is -0.909. The standard InChI is InChI=1S/C14H20N2O3/c1-10-3-4-13(12(7-10)14(17)18)15-8-11-9-16(2)5-6-19-11/h3-4,7,11,15H,5-6,8-9H2,1-2H3,(H,17,18). The molecule has 0 aromatic heterocycles. The van der Waals surface area contributed by atoms with Crippen molar-refractivity contribution in [2.45, 2.75) is 13.0 Å². The Morgan fingerprint density at radius 1 is 1.58 bits per heavy atom. The lowest BCUT2D eigenvalue weighted by atomic mass is 10.1. The minimum absolute atomic E-state index is 0.0988. The smallest absolute Gasteiger partial charge is 0.337 e. The Morgan fingerprint density at radius 3 is 3.05 bits per heavy atom. The molecule has 1 aromatic carbocycles. The first-order valence-electron chi connectivity index (χ1n) is 6.44. The van der Waals surface area contributed by atoms with Crippen molar-refractivity contribution in [1.82, 2.24) is 4.90 Å². The molecule has 1 heterocycles. The van der Waals surface area contributed by atoms with Crippen molar-refractivity contribution in [2.75, 3.05) is 38.6 Å². The Bertz CT molecular complexity index is 462. The number of hydrogen-bond acceptors (Lipinski definition) is 4. The van der Waals surface area contributed by atoms with Gasteiger partial charge in [-0.15, -0.1) is 0 Å². The fraction of sp³-hybridized carbons (Fsp3) is 0.500. The zero-order valence-corrected chi connectivity index (χ0v) is 11.3. The molecule has 5 nitrogen and oxygen atoms in total. The van der Waals surface area contributed by atoms with Gasteiger partial charge in [0.2, 0.25) is 0 Å². The second-order valence-corrected chi connectivity index (χ2v) is 4.99. The summed E-state index contributed by atoms with van der Waals surface area (Å²) in [4.78, 5) is 13.4. The number of nitrogens with one attached hydrogen (secondary N) is 1. The highest BCUT2D eigenvalue weighted by atomic mass is 16.5. The van der Waals surface area contributed by atoms with Gasteiger partial charge in [0.15, 0.2) is 0 Å². The molecule has 1 atom stereocenters. The van der Waals surface area contributed by atoms with E-state index in [1.807, 2.05) is 19.1 Å². The molecule has 2 rings (SSSR count). The van der Waals surface area contributed by atoms with Crippen molar-refractivity contribution in [1.29, 1.82) is 0 Å². The van der Waals surface area contributed by atoms with Crippen molar-refractivity contribution in [2.24, 2.45) is 0 Å². The molecule has 5 heteroatoms. The van der Waals surface area contributed by atoms with E-state index >= 15 is 0 Å². The van der Waals surface area contributed by atoms with E-state index in [1.54, 1.807) is 6.07 Å². The predicted octanol–water partition coefficient (Wildman–Crippen LogP) is 1.44. The molecular weight excluding hydrogens is 244 g/mol. The quantitative estimate of drug-likeness (QED) is 0.861. The van der Waals surface area contributed by atoms with E-state index in [9.17, 15) is 9.90 Å². The summed E-state index contributed by atoms with van der Waals surface area (Å²) in [7, 11) is 2.06. The number of carbonyl (C=O) groups is 1. The van der Waals surface area contributed by atoms with Crippen LogP contribution in [0.3, 0.4) is 0 Å². The van der Waals surface area contributed by atoms with Gasteiger partial charge < -0.3 is 20.1 Å². The number of carboxylic acid groups (broad SMARTS) is 1. The van der Waals surface area contributed by atoms with Crippen LogP contribution in [-0.2, 0) is 4.74 Å². The van der Waals surface area contributed by atoms with E-state index in [4.69, 9.17) is 4.74 Å². The second-order valence-electron chi connectivity index (χ2n) is 4.99. The van der Waals surface area contributed by atoms with Crippen molar-refractivity contribution in [3.05, 3.63) is 29.3 Å².